The second kappa shape index (κ2) is 11.8. The summed E-state index contributed by atoms with van der Waals surface area (Å²) in [5, 5.41) is 5.89. The molecule has 0 unspecified atom stereocenters. The maximum atomic E-state index is 12.8. The van der Waals surface area contributed by atoms with Crippen LogP contribution in [0.25, 0.3) is 0 Å². The van der Waals surface area contributed by atoms with Gasteiger partial charge in [-0.2, -0.15) is 0 Å². The number of likely N-dealkylation sites (tertiary alicyclic amines) is 2. The van der Waals surface area contributed by atoms with E-state index in [1.807, 2.05) is 34.1 Å². The molecule has 2 aromatic rings. The average Bonchev–Trinajstić information content (AvgIpc) is 3.79. The maximum absolute atomic E-state index is 12.8. The Morgan fingerprint density at radius 2 is 1.39 bits per heavy atom. The van der Waals surface area contributed by atoms with Gasteiger partial charge in [-0.3, -0.25) is 19.2 Å². The predicted octanol–water partition coefficient (Wildman–Crippen LogP) is 4.08. The van der Waals surface area contributed by atoms with Crippen LogP contribution in [0.5, 0.6) is 0 Å². The average molecular weight is 517 g/mol. The van der Waals surface area contributed by atoms with Crippen LogP contribution in [0.4, 0.5) is 11.4 Å². The van der Waals surface area contributed by atoms with E-state index in [-0.39, 0.29) is 41.9 Å². The van der Waals surface area contributed by atoms with Crippen molar-refractivity contribution in [1.82, 2.24) is 9.80 Å². The van der Waals surface area contributed by atoms with E-state index in [9.17, 15) is 19.2 Å². The quantitative estimate of drug-likeness (QED) is 0.579. The highest BCUT2D eigenvalue weighted by molar-refractivity contribution is 5.98. The van der Waals surface area contributed by atoms with Gasteiger partial charge in [0, 0.05) is 55.0 Å². The minimum Gasteiger partial charge on any atom is -0.342 e. The molecule has 8 heteroatoms. The predicted molar refractivity (Wildman–Crippen MR) is 146 cm³/mol. The summed E-state index contributed by atoms with van der Waals surface area (Å²) in [4.78, 5) is 54.4. The van der Waals surface area contributed by atoms with E-state index in [2.05, 4.69) is 10.6 Å². The van der Waals surface area contributed by atoms with Crippen LogP contribution < -0.4 is 10.6 Å². The van der Waals surface area contributed by atoms with Crippen LogP contribution in [-0.4, -0.2) is 59.6 Å². The van der Waals surface area contributed by atoms with Crippen LogP contribution in [0.3, 0.4) is 0 Å². The number of anilines is 2. The number of hydrogen-bond acceptors (Lipinski definition) is 4. The van der Waals surface area contributed by atoms with E-state index in [0.717, 1.165) is 50.8 Å². The van der Waals surface area contributed by atoms with E-state index >= 15 is 0 Å². The van der Waals surface area contributed by atoms with E-state index in [1.54, 1.807) is 24.3 Å². The molecular formula is C30H36N4O4. The second-order valence-corrected chi connectivity index (χ2v) is 10.7. The fourth-order valence-electron chi connectivity index (χ4n) is 5.35. The summed E-state index contributed by atoms with van der Waals surface area (Å²) in [5.41, 5.74) is 2.61. The summed E-state index contributed by atoms with van der Waals surface area (Å²) in [6.45, 7) is 2.83. The molecule has 0 radical (unpaired) electrons. The number of rotatable bonds is 7. The van der Waals surface area contributed by atoms with Gasteiger partial charge in [0.25, 0.3) is 5.91 Å². The SMILES string of the molecule is O=C(Cc1cccc(NC(=O)C2CCN(C(=O)C3CC3)CC2)c1)Nc1cccc(C(=O)N2CCCCC2)c1. The van der Waals surface area contributed by atoms with Gasteiger partial charge < -0.3 is 20.4 Å². The van der Waals surface area contributed by atoms with Gasteiger partial charge >= 0.3 is 0 Å². The van der Waals surface area contributed by atoms with Crippen molar-refractivity contribution in [3.05, 3.63) is 59.7 Å². The molecule has 38 heavy (non-hydrogen) atoms. The molecule has 200 valence electrons. The van der Waals surface area contributed by atoms with Gasteiger partial charge in [-0.1, -0.05) is 18.2 Å². The van der Waals surface area contributed by atoms with Gasteiger partial charge in [0.05, 0.1) is 6.42 Å². The highest BCUT2D eigenvalue weighted by Crippen LogP contribution is 2.32. The van der Waals surface area contributed by atoms with Crippen molar-refractivity contribution in [2.24, 2.45) is 11.8 Å². The van der Waals surface area contributed by atoms with Gasteiger partial charge in [-0.25, -0.2) is 0 Å². The third kappa shape index (κ3) is 6.60. The summed E-state index contributed by atoms with van der Waals surface area (Å²) in [7, 11) is 0. The maximum Gasteiger partial charge on any atom is 0.253 e. The summed E-state index contributed by atoms with van der Waals surface area (Å²) in [6, 6.07) is 14.4. The topological polar surface area (TPSA) is 98.8 Å². The number of nitrogens with zero attached hydrogens (tertiary/aromatic N) is 2. The molecule has 0 aromatic heterocycles. The summed E-state index contributed by atoms with van der Waals surface area (Å²) in [5.74, 6) is 0.111. The Balaban J connectivity index is 1.12. The van der Waals surface area contributed by atoms with Gasteiger partial charge in [0.2, 0.25) is 17.7 Å². The number of piperidine rings is 2. The first-order valence-corrected chi connectivity index (χ1v) is 13.8. The number of benzene rings is 2. The van der Waals surface area contributed by atoms with Crippen LogP contribution in [0.2, 0.25) is 0 Å². The van der Waals surface area contributed by atoms with Crippen LogP contribution in [-0.2, 0) is 20.8 Å². The van der Waals surface area contributed by atoms with Crippen molar-refractivity contribution in [2.75, 3.05) is 36.8 Å². The lowest BCUT2D eigenvalue weighted by molar-refractivity contribution is -0.135. The van der Waals surface area contributed by atoms with E-state index in [0.29, 0.717) is 42.9 Å². The number of carbonyl (C=O) groups excluding carboxylic acids is 4. The second-order valence-electron chi connectivity index (χ2n) is 10.7. The number of nitrogens with one attached hydrogen (secondary N) is 2. The lowest BCUT2D eigenvalue weighted by Crippen LogP contribution is -2.42. The van der Waals surface area contributed by atoms with Crippen LogP contribution in [0, 0.1) is 11.8 Å². The minimum atomic E-state index is -0.191. The van der Waals surface area contributed by atoms with Gasteiger partial charge in [-0.15, -0.1) is 0 Å². The molecule has 0 bridgehead atoms. The van der Waals surface area contributed by atoms with Crippen molar-refractivity contribution < 1.29 is 19.2 Å². The number of carbonyl (C=O) groups is 4. The van der Waals surface area contributed by atoms with Gasteiger partial charge in [0.1, 0.15) is 0 Å². The fraction of sp³-hybridized carbons (Fsp3) is 0.467. The molecule has 2 N–H and O–H groups in total. The standard InChI is InChI=1S/C30H36N4O4/c35-27(31-26-9-5-7-24(20-26)30(38)33-14-2-1-3-15-33)19-21-6-4-8-25(18-21)32-28(36)22-12-16-34(17-13-22)29(37)23-10-11-23/h4-9,18,20,22-23H,1-3,10-17,19H2,(H,31,35)(H,32,36). The monoisotopic (exact) mass is 516 g/mol. The van der Waals surface area contributed by atoms with E-state index < -0.39 is 0 Å². The summed E-state index contributed by atoms with van der Waals surface area (Å²) < 4.78 is 0. The molecule has 0 atom stereocenters. The Kier molecular flexibility index (Phi) is 8.05. The Bertz CT molecular complexity index is 1190. The molecule has 3 fully saturated rings. The Morgan fingerprint density at radius 3 is 2.11 bits per heavy atom. The molecule has 5 rings (SSSR count). The third-order valence-electron chi connectivity index (χ3n) is 7.70. The highest BCUT2D eigenvalue weighted by atomic mass is 16.2. The zero-order valence-corrected chi connectivity index (χ0v) is 21.8. The smallest absolute Gasteiger partial charge is 0.253 e. The molecule has 0 spiro atoms. The van der Waals surface area contributed by atoms with Crippen molar-refractivity contribution >= 4 is 35.0 Å². The van der Waals surface area contributed by atoms with Crippen LogP contribution in [0.15, 0.2) is 48.5 Å². The Labute approximate surface area is 223 Å². The first-order chi connectivity index (χ1) is 18.5. The fourth-order valence-corrected chi connectivity index (χ4v) is 5.35. The largest absolute Gasteiger partial charge is 0.342 e. The molecule has 4 amide bonds. The molecule has 2 aromatic carbocycles. The zero-order chi connectivity index (χ0) is 26.5. The summed E-state index contributed by atoms with van der Waals surface area (Å²) in [6.07, 6.45) is 6.71. The molecule has 3 aliphatic rings. The highest BCUT2D eigenvalue weighted by Gasteiger charge is 2.36. The van der Waals surface area contributed by atoms with Crippen molar-refractivity contribution in [1.29, 1.82) is 0 Å². The van der Waals surface area contributed by atoms with Crippen molar-refractivity contribution in [3.63, 3.8) is 0 Å². The summed E-state index contributed by atoms with van der Waals surface area (Å²) >= 11 is 0. The minimum absolute atomic E-state index is 0.00410. The van der Waals surface area contributed by atoms with Crippen molar-refractivity contribution in [3.8, 4) is 0 Å². The number of amides is 4. The van der Waals surface area contributed by atoms with E-state index in [4.69, 9.17) is 0 Å². The van der Waals surface area contributed by atoms with Gasteiger partial charge in [0.15, 0.2) is 0 Å². The van der Waals surface area contributed by atoms with E-state index in [1.165, 1.54) is 0 Å². The number of hydrogen-bond donors (Lipinski definition) is 2. The molecule has 2 heterocycles. The van der Waals surface area contributed by atoms with Crippen molar-refractivity contribution in [2.45, 2.75) is 51.4 Å². The van der Waals surface area contributed by atoms with Gasteiger partial charge in [-0.05, 0) is 80.8 Å². The lowest BCUT2D eigenvalue weighted by atomic mass is 9.95. The normalized spacial score (nSPS) is 18.1. The van der Waals surface area contributed by atoms with Crippen LogP contribution in [0.1, 0.15) is 60.9 Å². The molecular weight excluding hydrogens is 480 g/mol. The third-order valence-corrected chi connectivity index (χ3v) is 7.70. The Morgan fingerprint density at radius 1 is 0.711 bits per heavy atom. The zero-order valence-electron chi connectivity index (χ0n) is 21.8. The molecule has 2 aliphatic heterocycles. The molecule has 2 saturated heterocycles. The molecule has 1 aliphatic carbocycles. The van der Waals surface area contributed by atoms with Crippen LogP contribution >= 0.6 is 0 Å². The first kappa shape index (κ1) is 25.9. The first-order valence-electron chi connectivity index (χ1n) is 13.8. The molecule has 8 nitrogen and oxygen atoms in total. The lowest BCUT2D eigenvalue weighted by Gasteiger charge is -2.31. The Hall–Kier alpha value is -3.68. The molecule has 1 saturated carbocycles.